The molecule has 0 saturated carbocycles. The Balaban J connectivity index is 0.000000468. The van der Waals surface area contributed by atoms with Crippen LogP contribution in [0.3, 0.4) is 0 Å². The van der Waals surface area contributed by atoms with E-state index in [1.807, 2.05) is 53.2 Å². The molecule has 0 bridgehead atoms. The highest BCUT2D eigenvalue weighted by atomic mass is 19.4. The SMILES string of the molecule is CC(C)(C)c1cccc[n+]1CC(=O)c1ccccc1.FC(F)(F)c1cc([B-](c2cc(C(F)(F)F)cc(C(F)(F)F)c2)(c2cc(C(F)(F)F)cc(C(F)(F)F)c2)c2cc(C(F)(F)F)cc(C(F)(F)F)c2)cc(C(F)(F)F)c1. The van der Waals surface area contributed by atoms with Crippen LogP contribution in [0.5, 0.6) is 0 Å². The fraction of sp³-hybridized carbons (Fsp3) is 0.265. The summed E-state index contributed by atoms with van der Waals surface area (Å²) in [5, 5.41) is 0. The van der Waals surface area contributed by atoms with Gasteiger partial charge in [0.2, 0.25) is 12.3 Å². The Bertz CT molecular complexity index is 2620. The topological polar surface area (TPSA) is 20.9 Å². The standard InChI is InChI=1S/C32H12BF24.C17H20NO/c34-25(35,36)13-1-14(26(37,38)39)6-21(5-13)33(22-7-15(27(40,41)42)2-16(8-22)28(43,44)45,23-9-17(29(46,47)48)3-18(10-23)30(49,50)51)24-11-19(31(52,53)54)4-20(12-24)32(55,56)57;1-17(2,3)16-11-7-8-12-18(16)13-15(19)14-9-5-4-6-10-14/h1-12H;4-12H,13H2,1-3H3/q-1;+1. The molecule has 0 fully saturated rings. The molecule has 0 spiro atoms. The number of benzene rings is 5. The quantitative estimate of drug-likeness (QED) is 0.0675. The summed E-state index contributed by atoms with van der Waals surface area (Å²) in [6.45, 7) is 6.86. The molecule has 6 rings (SSSR count). The van der Waals surface area contributed by atoms with Gasteiger partial charge in [-0.15, -0.1) is 0 Å². The van der Waals surface area contributed by atoms with Gasteiger partial charge in [0.05, 0.1) is 44.5 Å². The summed E-state index contributed by atoms with van der Waals surface area (Å²) in [4.78, 5) is 12.3. The van der Waals surface area contributed by atoms with Crippen molar-refractivity contribution >= 4 is 33.8 Å². The van der Waals surface area contributed by atoms with Gasteiger partial charge in [0.25, 0.3) is 0 Å². The first-order valence-corrected chi connectivity index (χ1v) is 21.2. The Morgan fingerprint density at radius 1 is 0.355 bits per heavy atom. The van der Waals surface area contributed by atoms with Gasteiger partial charge in [-0.05, 0) is 24.3 Å². The lowest BCUT2D eigenvalue weighted by atomic mass is 9.12. The number of rotatable bonds is 7. The predicted molar refractivity (Wildman–Crippen MR) is 226 cm³/mol. The number of carbonyl (C=O) groups excluding carboxylic acids is 1. The second-order valence-electron chi connectivity index (χ2n) is 18.0. The molecule has 0 N–H and O–H groups in total. The van der Waals surface area contributed by atoms with Gasteiger partial charge in [-0.1, -0.05) is 106 Å². The van der Waals surface area contributed by atoms with Crippen molar-refractivity contribution in [3.05, 3.63) is 183 Å². The first kappa shape index (κ1) is 60.2. The number of nitrogens with zero attached hydrogens (tertiary/aromatic N) is 1. The van der Waals surface area contributed by atoms with Crippen LogP contribution in [0.1, 0.15) is 81.3 Å². The van der Waals surface area contributed by atoms with E-state index in [1.165, 1.54) is 5.69 Å². The number of hydrogen-bond acceptors (Lipinski definition) is 1. The van der Waals surface area contributed by atoms with E-state index in [2.05, 4.69) is 26.8 Å². The highest BCUT2D eigenvalue weighted by Gasteiger charge is 2.47. The van der Waals surface area contributed by atoms with Crippen LogP contribution < -0.4 is 26.4 Å². The van der Waals surface area contributed by atoms with Gasteiger partial charge in [0.15, 0.2) is 11.9 Å². The summed E-state index contributed by atoms with van der Waals surface area (Å²) in [6.07, 6.45) is -52.8. The van der Waals surface area contributed by atoms with Crippen LogP contribution in [-0.2, 0) is 61.4 Å². The minimum absolute atomic E-state index is 0.0260. The Morgan fingerprint density at radius 2 is 0.592 bits per heavy atom. The van der Waals surface area contributed by atoms with E-state index in [1.54, 1.807) is 0 Å². The maximum absolute atomic E-state index is 14.2. The summed E-state index contributed by atoms with van der Waals surface area (Å²) in [5.41, 5.74) is -28.2. The molecule has 0 radical (unpaired) electrons. The van der Waals surface area contributed by atoms with Crippen molar-refractivity contribution in [3.8, 4) is 0 Å². The average molecular weight is 1120 g/mol. The molecular formula is C49H32BF24NO. The van der Waals surface area contributed by atoms with E-state index in [4.69, 9.17) is 0 Å². The van der Waals surface area contributed by atoms with Crippen LogP contribution >= 0.6 is 0 Å². The van der Waals surface area contributed by atoms with Crippen molar-refractivity contribution in [1.29, 1.82) is 0 Å². The number of halogens is 24. The largest absolute Gasteiger partial charge is 0.416 e. The van der Waals surface area contributed by atoms with Crippen LogP contribution in [0.25, 0.3) is 0 Å². The van der Waals surface area contributed by atoms with Crippen LogP contribution in [0.15, 0.2) is 128 Å². The molecule has 27 heteroatoms. The van der Waals surface area contributed by atoms with E-state index in [-0.39, 0.29) is 11.2 Å². The molecular weight excluding hydrogens is 1090 g/mol. The smallest absolute Gasteiger partial charge is 0.287 e. The van der Waals surface area contributed by atoms with Crippen LogP contribution in [0.4, 0.5) is 105 Å². The second-order valence-corrected chi connectivity index (χ2v) is 18.0. The number of aromatic nitrogens is 1. The molecule has 0 aliphatic rings. The summed E-state index contributed by atoms with van der Waals surface area (Å²) >= 11 is 0. The third-order valence-electron chi connectivity index (χ3n) is 11.6. The van der Waals surface area contributed by atoms with Gasteiger partial charge in [0, 0.05) is 23.1 Å². The maximum atomic E-state index is 14.2. The molecule has 0 amide bonds. The van der Waals surface area contributed by atoms with Gasteiger partial charge in [-0.25, -0.2) is 0 Å². The van der Waals surface area contributed by atoms with Crippen molar-refractivity contribution in [2.45, 2.75) is 82.1 Å². The third kappa shape index (κ3) is 13.8. The molecule has 0 atom stereocenters. The van der Waals surface area contributed by atoms with Gasteiger partial charge in [-0.2, -0.15) is 132 Å². The normalized spacial score (nSPS) is 13.6. The molecule has 1 heterocycles. The fourth-order valence-electron chi connectivity index (χ4n) is 8.24. The molecule has 0 aliphatic heterocycles. The molecule has 0 unspecified atom stereocenters. The lowest BCUT2D eigenvalue weighted by Crippen LogP contribution is -2.75. The average Bonchev–Trinajstić information content (AvgIpc) is 3.27. The van der Waals surface area contributed by atoms with E-state index < -0.39 is 195 Å². The first-order valence-electron chi connectivity index (χ1n) is 21.2. The van der Waals surface area contributed by atoms with Crippen LogP contribution in [0, 0.1) is 0 Å². The molecule has 410 valence electrons. The highest BCUT2D eigenvalue weighted by Crippen LogP contribution is 2.41. The van der Waals surface area contributed by atoms with Gasteiger partial charge >= 0.3 is 49.4 Å². The van der Waals surface area contributed by atoms with E-state index >= 15 is 0 Å². The minimum atomic E-state index is -6.13. The molecule has 2 nitrogen and oxygen atoms in total. The van der Waals surface area contributed by atoms with Crippen molar-refractivity contribution in [3.63, 3.8) is 0 Å². The molecule has 0 aliphatic carbocycles. The first-order chi connectivity index (χ1) is 34.2. The predicted octanol–water partition coefficient (Wildman–Crippen LogP) is 14.4. The Morgan fingerprint density at radius 3 is 0.816 bits per heavy atom. The van der Waals surface area contributed by atoms with E-state index in [9.17, 15) is 110 Å². The monoisotopic (exact) mass is 1120 g/mol. The fourth-order valence-corrected chi connectivity index (χ4v) is 8.24. The second kappa shape index (κ2) is 20.4. The van der Waals surface area contributed by atoms with E-state index in [0.717, 1.165) is 5.56 Å². The van der Waals surface area contributed by atoms with Crippen molar-refractivity contribution in [1.82, 2.24) is 0 Å². The number of hydrogen-bond donors (Lipinski definition) is 0. The zero-order valence-electron chi connectivity index (χ0n) is 38.3. The zero-order chi connectivity index (χ0) is 57.8. The zero-order valence-corrected chi connectivity index (χ0v) is 38.3. The summed E-state index contributed by atoms with van der Waals surface area (Å²) in [7, 11) is 0. The summed E-state index contributed by atoms with van der Waals surface area (Å²) < 4.78 is 343. The molecule has 0 saturated heterocycles. The molecule has 1 aromatic heterocycles. The van der Waals surface area contributed by atoms with Gasteiger partial charge < -0.3 is 0 Å². The Labute approximate surface area is 413 Å². The number of pyridine rings is 1. The third-order valence-corrected chi connectivity index (χ3v) is 11.6. The molecule has 6 aromatic rings. The Kier molecular flexibility index (Phi) is 16.1. The highest BCUT2D eigenvalue weighted by molar-refractivity contribution is 7.20. The van der Waals surface area contributed by atoms with Crippen LogP contribution in [-0.4, -0.2) is 11.9 Å². The maximum Gasteiger partial charge on any atom is 0.416 e. The van der Waals surface area contributed by atoms with Gasteiger partial charge in [-0.3, -0.25) is 4.79 Å². The summed E-state index contributed by atoms with van der Waals surface area (Å²) in [5.74, 6) is 0.141. The lowest BCUT2D eigenvalue weighted by Gasteiger charge is -2.46. The summed E-state index contributed by atoms with van der Waals surface area (Å²) in [6, 6.07) is 6.70. The molecule has 76 heavy (non-hydrogen) atoms. The van der Waals surface area contributed by atoms with E-state index in [0.29, 0.717) is 6.54 Å². The van der Waals surface area contributed by atoms with Crippen LogP contribution in [0.2, 0.25) is 0 Å². The van der Waals surface area contributed by atoms with Gasteiger partial charge in [0.1, 0.15) is 6.15 Å². The van der Waals surface area contributed by atoms with Crippen molar-refractivity contribution in [2.75, 3.05) is 0 Å². The number of alkyl halides is 24. The Hall–Kier alpha value is -6.70. The number of Topliss-reactive ketones (excluding diaryl/α,β-unsaturated/α-hetero) is 1. The number of ketones is 1. The molecule has 5 aromatic carbocycles. The van der Waals surface area contributed by atoms with Crippen molar-refractivity contribution < 1.29 is 115 Å². The number of carbonyl (C=O) groups is 1. The lowest BCUT2D eigenvalue weighted by molar-refractivity contribution is -0.693. The minimum Gasteiger partial charge on any atom is -0.287 e. The van der Waals surface area contributed by atoms with Crippen molar-refractivity contribution in [2.24, 2.45) is 0 Å².